The molecule has 1 aromatic carbocycles. The number of aromatic nitrogens is 6. The number of nitrogens with one attached hydrogen (secondary N) is 2. The van der Waals surface area contributed by atoms with Gasteiger partial charge in [0.05, 0.1) is 22.8 Å². The summed E-state index contributed by atoms with van der Waals surface area (Å²) < 4.78 is 0. The third kappa shape index (κ3) is 3.88. The van der Waals surface area contributed by atoms with Crippen molar-refractivity contribution in [3.63, 3.8) is 0 Å². The van der Waals surface area contributed by atoms with Crippen LogP contribution in [0, 0.1) is 13.8 Å². The van der Waals surface area contributed by atoms with E-state index in [-0.39, 0.29) is 0 Å². The van der Waals surface area contributed by atoms with Crippen LogP contribution in [0.3, 0.4) is 0 Å². The van der Waals surface area contributed by atoms with Gasteiger partial charge in [0.15, 0.2) is 0 Å². The second-order valence-electron chi connectivity index (χ2n) is 10.7. The van der Waals surface area contributed by atoms with Gasteiger partial charge in [0.1, 0.15) is 22.6 Å². The molecular weight excluding hydrogens is 540 g/mol. The highest BCUT2D eigenvalue weighted by atomic mass is 15.0. The van der Waals surface area contributed by atoms with E-state index in [1.54, 1.807) is 18.2 Å². The number of H-pyrrole nitrogens is 2. The van der Waals surface area contributed by atoms with Crippen LogP contribution < -0.4 is 0 Å². The lowest BCUT2D eigenvalue weighted by Gasteiger charge is -2.01. The zero-order chi connectivity index (χ0) is 30.5. The molecule has 4 heterocycles. The van der Waals surface area contributed by atoms with Crippen LogP contribution >= 0.6 is 0 Å². The van der Waals surface area contributed by atoms with Crippen LogP contribution in [0.2, 0.25) is 0 Å². The molecule has 2 aliphatic carbocycles. The van der Waals surface area contributed by atoms with Gasteiger partial charge in [-0.3, -0.25) is 0 Å². The first kappa shape index (κ1) is 27.0. The maximum absolute atomic E-state index is 5.34. The van der Waals surface area contributed by atoms with E-state index in [0.29, 0.717) is 5.65 Å². The number of benzene rings is 1. The number of nitrogens with zero attached hydrogens (tertiary/aromatic N) is 4. The minimum atomic E-state index is 0.705. The minimum Gasteiger partial charge on any atom is -0.324 e. The molecule has 212 valence electrons. The standard InChI is InChI=1S/C38H30N6/c1-7-11-16-24-21(5)36-40-33-27-19-14-15-20-28(27)34-30(33)29-31(41-37(24)43-36)23(10-4)26(18-13-9-3)32(29)39-35-22(6)25(17-12-8-2)38(42-34)44-35/h7-20H,1-4H2,5-6H3,(H,39,42,44)(H,40,41,43)/b16-11-,17-12-,18-13-. The Morgan fingerprint density at radius 3 is 1.50 bits per heavy atom. The van der Waals surface area contributed by atoms with Crippen molar-refractivity contribution in [3.05, 3.63) is 133 Å². The van der Waals surface area contributed by atoms with Gasteiger partial charge in [-0.15, -0.1) is 0 Å². The molecule has 0 saturated heterocycles. The fourth-order valence-corrected chi connectivity index (χ4v) is 6.13. The summed E-state index contributed by atoms with van der Waals surface area (Å²) in [5, 5.41) is 1.75. The summed E-state index contributed by atoms with van der Waals surface area (Å²) in [4.78, 5) is 28.4. The molecule has 6 heteroatoms. The molecule has 5 aromatic rings. The van der Waals surface area contributed by atoms with E-state index in [2.05, 4.69) is 62.3 Å². The van der Waals surface area contributed by atoms with E-state index in [9.17, 15) is 0 Å². The smallest absolute Gasteiger partial charge is 0.139 e. The Bertz CT molecular complexity index is 2310. The molecule has 0 unspecified atom stereocenters. The number of rotatable bonds is 7. The van der Waals surface area contributed by atoms with Gasteiger partial charge < -0.3 is 9.97 Å². The Morgan fingerprint density at radius 1 is 0.545 bits per heavy atom. The summed E-state index contributed by atoms with van der Waals surface area (Å²) in [5.74, 6) is 0. The highest BCUT2D eigenvalue weighted by Gasteiger charge is 2.31. The molecule has 4 aromatic heterocycles. The first-order valence-electron chi connectivity index (χ1n) is 14.4. The summed E-state index contributed by atoms with van der Waals surface area (Å²) in [7, 11) is 0. The van der Waals surface area contributed by atoms with Crippen LogP contribution in [-0.4, -0.2) is 29.9 Å². The fourth-order valence-electron chi connectivity index (χ4n) is 6.13. The topological polar surface area (TPSA) is 83.1 Å². The third-order valence-corrected chi connectivity index (χ3v) is 8.23. The quantitative estimate of drug-likeness (QED) is 0.187. The van der Waals surface area contributed by atoms with Gasteiger partial charge in [-0.1, -0.05) is 111 Å². The van der Waals surface area contributed by atoms with Gasteiger partial charge >= 0.3 is 0 Å². The number of hydrogen-bond donors (Lipinski definition) is 2. The lowest BCUT2D eigenvalue weighted by atomic mass is 10.1. The first-order valence-corrected chi connectivity index (χ1v) is 14.4. The fraction of sp³-hybridized carbons (Fsp3) is 0.0526. The second kappa shape index (κ2) is 10.4. The molecule has 4 bridgehead atoms. The number of hydrogen-bond acceptors (Lipinski definition) is 4. The molecule has 0 spiro atoms. The van der Waals surface area contributed by atoms with Crippen molar-refractivity contribution in [2.75, 3.05) is 0 Å². The number of aryl methyl sites for hydroxylation is 2. The maximum atomic E-state index is 5.34. The summed E-state index contributed by atoms with van der Waals surface area (Å²) >= 11 is 0. The molecule has 44 heavy (non-hydrogen) atoms. The Morgan fingerprint density at radius 2 is 0.977 bits per heavy atom. The summed E-state index contributed by atoms with van der Waals surface area (Å²) in [5.41, 5.74) is 13.7. The zero-order valence-electron chi connectivity index (χ0n) is 24.7. The molecule has 0 atom stereocenters. The molecule has 0 amide bonds. The van der Waals surface area contributed by atoms with Gasteiger partial charge in [0, 0.05) is 55.3 Å². The molecule has 7 rings (SSSR count). The Balaban J connectivity index is 1.84. The van der Waals surface area contributed by atoms with Crippen molar-refractivity contribution in [1.29, 1.82) is 0 Å². The summed E-state index contributed by atoms with van der Waals surface area (Å²) in [6.07, 6.45) is 18.9. The molecule has 0 aliphatic heterocycles. The molecule has 2 aliphatic rings. The van der Waals surface area contributed by atoms with Crippen LogP contribution in [0.15, 0.2) is 99.2 Å². The predicted octanol–water partition coefficient (Wildman–Crippen LogP) is 9.32. The highest BCUT2D eigenvalue weighted by molar-refractivity contribution is 6.22. The summed E-state index contributed by atoms with van der Waals surface area (Å²) in [6, 6.07) is 8.28. The van der Waals surface area contributed by atoms with Gasteiger partial charge in [-0.2, -0.15) is 0 Å². The van der Waals surface area contributed by atoms with Gasteiger partial charge in [0.25, 0.3) is 0 Å². The molecule has 6 nitrogen and oxygen atoms in total. The molecular formula is C38H30N6. The van der Waals surface area contributed by atoms with Crippen LogP contribution in [0.1, 0.15) is 33.6 Å². The average Bonchev–Trinajstić information content (AvgIpc) is 3.71. The summed E-state index contributed by atoms with van der Waals surface area (Å²) in [6.45, 7) is 20.0. The van der Waals surface area contributed by atoms with Gasteiger partial charge in [-0.05, 0) is 13.8 Å². The van der Waals surface area contributed by atoms with Crippen LogP contribution in [-0.2, 0) is 0 Å². The van der Waals surface area contributed by atoms with Gasteiger partial charge in [0.2, 0.25) is 0 Å². The Kier molecular flexibility index (Phi) is 6.40. The van der Waals surface area contributed by atoms with Gasteiger partial charge in [-0.25, -0.2) is 19.9 Å². The van der Waals surface area contributed by atoms with E-state index >= 15 is 0 Å². The van der Waals surface area contributed by atoms with Crippen molar-refractivity contribution < 1.29 is 0 Å². The van der Waals surface area contributed by atoms with Crippen molar-refractivity contribution in [3.8, 4) is 22.5 Å². The van der Waals surface area contributed by atoms with E-state index in [4.69, 9.17) is 19.9 Å². The monoisotopic (exact) mass is 570 g/mol. The Hall–Kier alpha value is -5.88. The lowest BCUT2D eigenvalue weighted by Crippen LogP contribution is -1.88. The van der Waals surface area contributed by atoms with E-state index in [0.717, 1.165) is 95.0 Å². The SMILES string of the molecule is C=C/C=C\C1=C(C=C)c2nc3[nH]c(nc4c5c(nc6[nH]c(nc1c25)c(C)c6/C=C\C=C)-c1ccccc1-4)c(C)c3/C=C\C=C. The van der Waals surface area contributed by atoms with Crippen molar-refractivity contribution in [1.82, 2.24) is 29.9 Å². The van der Waals surface area contributed by atoms with E-state index in [1.165, 1.54) is 0 Å². The van der Waals surface area contributed by atoms with Crippen LogP contribution in [0.4, 0.5) is 0 Å². The van der Waals surface area contributed by atoms with Crippen molar-refractivity contribution in [2.45, 2.75) is 13.8 Å². The minimum absolute atomic E-state index is 0.705. The third-order valence-electron chi connectivity index (χ3n) is 8.23. The number of allylic oxidation sites excluding steroid dienone is 10. The maximum Gasteiger partial charge on any atom is 0.139 e. The second-order valence-corrected chi connectivity index (χ2v) is 10.7. The number of fused-ring (bicyclic) bond motifs is 7. The normalized spacial score (nSPS) is 13.2. The predicted molar refractivity (Wildman–Crippen MR) is 185 cm³/mol. The molecule has 0 radical (unpaired) electrons. The Labute approximate surface area is 255 Å². The molecule has 0 saturated carbocycles. The van der Waals surface area contributed by atoms with Crippen LogP contribution in [0.5, 0.6) is 0 Å². The lowest BCUT2D eigenvalue weighted by molar-refractivity contribution is 1.29. The molecule has 2 N–H and O–H groups in total. The average molecular weight is 571 g/mol. The van der Waals surface area contributed by atoms with Crippen molar-refractivity contribution in [2.24, 2.45) is 0 Å². The zero-order valence-corrected chi connectivity index (χ0v) is 24.7. The largest absolute Gasteiger partial charge is 0.324 e. The van der Waals surface area contributed by atoms with Crippen LogP contribution in [0.25, 0.3) is 79.2 Å². The van der Waals surface area contributed by atoms with E-state index < -0.39 is 0 Å². The van der Waals surface area contributed by atoms with Crippen molar-refractivity contribution >= 4 is 56.7 Å². The first-order chi connectivity index (χ1) is 21.5. The highest BCUT2D eigenvalue weighted by Crippen LogP contribution is 2.49. The molecule has 0 fully saturated rings. The van der Waals surface area contributed by atoms with E-state index in [1.807, 2.05) is 54.7 Å². The number of aromatic amines is 2.